The van der Waals surface area contributed by atoms with Gasteiger partial charge in [-0.3, -0.25) is 4.79 Å². The normalized spacial score (nSPS) is 9.88. The van der Waals surface area contributed by atoms with E-state index in [1.54, 1.807) is 11.0 Å². The zero-order chi connectivity index (χ0) is 12.1. The van der Waals surface area contributed by atoms with Crippen LogP contribution in [0, 0.1) is 0 Å². The van der Waals surface area contributed by atoms with Crippen LogP contribution in [-0.2, 0) is 0 Å². The summed E-state index contributed by atoms with van der Waals surface area (Å²) < 4.78 is 0. The predicted molar refractivity (Wildman–Crippen MR) is 64.9 cm³/mol. The summed E-state index contributed by atoms with van der Waals surface area (Å²) in [6.07, 6.45) is 1.64. The molecular weight excluding hydrogens is 226 g/mol. The van der Waals surface area contributed by atoms with Crippen LogP contribution in [0.1, 0.15) is 17.3 Å². The number of hydrogen-bond acceptors (Lipinski definition) is 2. The van der Waals surface area contributed by atoms with E-state index in [4.69, 9.17) is 11.6 Å². The Hall–Kier alpha value is -1.48. The van der Waals surface area contributed by atoms with Gasteiger partial charge >= 0.3 is 0 Å². The van der Waals surface area contributed by atoms with Gasteiger partial charge in [0.25, 0.3) is 5.91 Å². The molecule has 86 valence electrons. The first kappa shape index (κ1) is 12.6. The maximum atomic E-state index is 12.0. The van der Waals surface area contributed by atoms with Crippen LogP contribution in [0.2, 0.25) is 5.02 Å². The first-order valence-electron chi connectivity index (χ1n) is 4.98. The van der Waals surface area contributed by atoms with Crippen LogP contribution in [0.3, 0.4) is 0 Å². The van der Waals surface area contributed by atoms with Crippen molar-refractivity contribution >= 4 is 17.5 Å². The average Bonchev–Trinajstić information content (AvgIpc) is 2.28. The van der Waals surface area contributed by atoms with Gasteiger partial charge in [0.1, 0.15) is 5.75 Å². The van der Waals surface area contributed by atoms with Crippen LogP contribution in [0.25, 0.3) is 0 Å². The summed E-state index contributed by atoms with van der Waals surface area (Å²) in [4.78, 5) is 13.6. The number of benzene rings is 1. The molecule has 0 saturated carbocycles. The summed E-state index contributed by atoms with van der Waals surface area (Å²) in [5, 5.41) is 10.0. The first-order valence-corrected chi connectivity index (χ1v) is 5.36. The van der Waals surface area contributed by atoms with Gasteiger partial charge in [-0.05, 0) is 25.1 Å². The fraction of sp³-hybridized carbons (Fsp3) is 0.250. The van der Waals surface area contributed by atoms with E-state index in [1.807, 2.05) is 6.92 Å². The largest absolute Gasteiger partial charge is 0.507 e. The van der Waals surface area contributed by atoms with E-state index in [2.05, 4.69) is 6.58 Å². The van der Waals surface area contributed by atoms with Gasteiger partial charge < -0.3 is 10.0 Å². The molecule has 0 aliphatic carbocycles. The van der Waals surface area contributed by atoms with Crippen LogP contribution in [0.15, 0.2) is 30.9 Å². The maximum absolute atomic E-state index is 12.0. The third-order valence-electron chi connectivity index (χ3n) is 2.21. The number of carbonyl (C=O) groups excluding carboxylic acids is 1. The van der Waals surface area contributed by atoms with Gasteiger partial charge in [0.05, 0.1) is 5.56 Å². The SMILES string of the molecule is C=CCN(CC)C(=O)c1cc(Cl)ccc1O. The van der Waals surface area contributed by atoms with E-state index in [9.17, 15) is 9.90 Å². The molecule has 3 nitrogen and oxygen atoms in total. The molecule has 0 fully saturated rings. The molecule has 0 atom stereocenters. The molecule has 0 unspecified atom stereocenters. The van der Waals surface area contributed by atoms with Crippen molar-refractivity contribution in [2.75, 3.05) is 13.1 Å². The Balaban J connectivity index is 3.02. The van der Waals surface area contributed by atoms with Crippen molar-refractivity contribution in [3.8, 4) is 5.75 Å². The molecule has 1 aromatic carbocycles. The maximum Gasteiger partial charge on any atom is 0.257 e. The second-order valence-electron chi connectivity index (χ2n) is 3.29. The van der Waals surface area contributed by atoms with Crippen LogP contribution in [-0.4, -0.2) is 29.0 Å². The quantitative estimate of drug-likeness (QED) is 0.821. The van der Waals surface area contributed by atoms with E-state index >= 15 is 0 Å². The molecule has 1 amide bonds. The second kappa shape index (κ2) is 5.56. The van der Waals surface area contributed by atoms with Crippen molar-refractivity contribution in [3.63, 3.8) is 0 Å². The van der Waals surface area contributed by atoms with Crippen molar-refractivity contribution in [1.29, 1.82) is 0 Å². The molecule has 0 spiro atoms. The lowest BCUT2D eigenvalue weighted by molar-refractivity contribution is 0.0779. The molecular formula is C12H14ClNO2. The third kappa shape index (κ3) is 2.76. The van der Waals surface area contributed by atoms with Gasteiger partial charge in [0.2, 0.25) is 0 Å². The van der Waals surface area contributed by atoms with Gasteiger partial charge in [-0.25, -0.2) is 0 Å². The number of aromatic hydroxyl groups is 1. The fourth-order valence-corrected chi connectivity index (χ4v) is 1.53. The number of halogens is 1. The zero-order valence-electron chi connectivity index (χ0n) is 9.11. The van der Waals surface area contributed by atoms with Gasteiger partial charge in [-0.1, -0.05) is 17.7 Å². The van der Waals surface area contributed by atoms with Crippen molar-refractivity contribution in [2.24, 2.45) is 0 Å². The Morgan fingerprint density at radius 2 is 2.31 bits per heavy atom. The molecule has 1 rings (SSSR count). The number of phenolic OH excluding ortho intramolecular Hbond substituents is 1. The highest BCUT2D eigenvalue weighted by Crippen LogP contribution is 2.22. The van der Waals surface area contributed by atoms with Crippen molar-refractivity contribution in [2.45, 2.75) is 6.92 Å². The monoisotopic (exact) mass is 239 g/mol. The highest BCUT2D eigenvalue weighted by atomic mass is 35.5. The highest BCUT2D eigenvalue weighted by Gasteiger charge is 2.16. The molecule has 1 aromatic rings. The Labute approximate surface area is 100.0 Å². The molecule has 0 heterocycles. The number of phenols is 1. The molecule has 4 heteroatoms. The van der Waals surface area contributed by atoms with Crippen molar-refractivity contribution in [3.05, 3.63) is 41.4 Å². The van der Waals surface area contributed by atoms with Crippen LogP contribution < -0.4 is 0 Å². The van der Waals surface area contributed by atoms with E-state index in [0.29, 0.717) is 18.1 Å². The Morgan fingerprint density at radius 3 is 2.88 bits per heavy atom. The summed E-state index contributed by atoms with van der Waals surface area (Å²) in [5.41, 5.74) is 0.219. The lowest BCUT2D eigenvalue weighted by Crippen LogP contribution is -2.30. The zero-order valence-corrected chi connectivity index (χ0v) is 9.87. The Morgan fingerprint density at radius 1 is 1.62 bits per heavy atom. The number of rotatable bonds is 4. The third-order valence-corrected chi connectivity index (χ3v) is 2.44. The lowest BCUT2D eigenvalue weighted by atomic mass is 10.1. The number of hydrogen-bond donors (Lipinski definition) is 1. The summed E-state index contributed by atoms with van der Waals surface area (Å²) in [5.74, 6) is -0.306. The molecule has 0 aliphatic heterocycles. The molecule has 0 saturated heterocycles. The molecule has 0 aromatic heterocycles. The van der Waals surface area contributed by atoms with Crippen molar-refractivity contribution in [1.82, 2.24) is 4.90 Å². The van der Waals surface area contributed by atoms with Gasteiger partial charge in [-0.2, -0.15) is 0 Å². The van der Waals surface area contributed by atoms with Crippen LogP contribution >= 0.6 is 11.6 Å². The fourth-order valence-electron chi connectivity index (χ4n) is 1.36. The summed E-state index contributed by atoms with van der Waals surface area (Å²) in [6.45, 7) is 6.44. The first-order chi connectivity index (χ1) is 7.60. The number of carbonyl (C=O) groups is 1. The van der Waals surface area contributed by atoms with Crippen LogP contribution in [0.4, 0.5) is 0 Å². The number of nitrogens with zero attached hydrogens (tertiary/aromatic N) is 1. The van der Waals surface area contributed by atoms with E-state index in [0.717, 1.165) is 0 Å². The topological polar surface area (TPSA) is 40.5 Å². The summed E-state index contributed by atoms with van der Waals surface area (Å²) in [7, 11) is 0. The predicted octanol–water partition coefficient (Wildman–Crippen LogP) is 2.69. The minimum Gasteiger partial charge on any atom is -0.507 e. The lowest BCUT2D eigenvalue weighted by Gasteiger charge is -2.19. The molecule has 0 aliphatic rings. The molecule has 1 N–H and O–H groups in total. The second-order valence-corrected chi connectivity index (χ2v) is 3.73. The van der Waals surface area contributed by atoms with Crippen molar-refractivity contribution < 1.29 is 9.90 Å². The van der Waals surface area contributed by atoms with Gasteiger partial charge in [0.15, 0.2) is 0 Å². The highest BCUT2D eigenvalue weighted by molar-refractivity contribution is 6.31. The average molecular weight is 240 g/mol. The van der Waals surface area contributed by atoms with Crippen LogP contribution in [0.5, 0.6) is 5.75 Å². The van der Waals surface area contributed by atoms with Gasteiger partial charge in [-0.15, -0.1) is 6.58 Å². The minimum absolute atomic E-state index is 0.0584. The standard InChI is InChI=1S/C12H14ClNO2/c1-3-7-14(4-2)12(16)10-8-9(13)5-6-11(10)15/h3,5-6,8,15H,1,4,7H2,2H3. The number of likely N-dealkylation sites (N-methyl/N-ethyl adjacent to an activating group) is 1. The summed E-state index contributed by atoms with van der Waals surface area (Å²) in [6, 6.07) is 4.42. The van der Waals surface area contributed by atoms with E-state index in [1.165, 1.54) is 18.2 Å². The Bertz CT molecular complexity index is 404. The van der Waals surface area contributed by atoms with E-state index < -0.39 is 0 Å². The number of amides is 1. The van der Waals surface area contributed by atoms with E-state index in [-0.39, 0.29) is 17.2 Å². The summed E-state index contributed by atoms with van der Waals surface area (Å²) >= 11 is 5.78. The minimum atomic E-state index is -0.248. The van der Waals surface area contributed by atoms with Gasteiger partial charge in [0, 0.05) is 18.1 Å². The molecule has 16 heavy (non-hydrogen) atoms. The molecule has 0 bridgehead atoms. The Kier molecular flexibility index (Phi) is 4.38. The molecule has 0 radical (unpaired) electrons. The smallest absolute Gasteiger partial charge is 0.257 e.